The van der Waals surface area contributed by atoms with E-state index in [-0.39, 0.29) is 5.92 Å². The van der Waals surface area contributed by atoms with Crippen molar-refractivity contribution in [2.24, 2.45) is 0 Å². The van der Waals surface area contributed by atoms with Crippen molar-refractivity contribution in [1.29, 1.82) is 5.26 Å². The summed E-state index contributed by atoms with van der Waals surface area (Å²) in [6.45, 7) is 2.16. The lowest BCUT2D eigenvalue weighted by atomic mass is 9.88. The van der Waals surface area contributed by atoms with Crippen LogP contribution in [0.15, 0.2) is 54.6 Å². The van der Waals surface area contributed by atoms with Gasteiger partial charge < -0.3 is 0 Å². The zero-order valence-corrected chi connectivity index (χ0v) is 11.3. The average molecular weight is 249 g/mol. The minimum Gasteiger partial charge on any atom is -0.198 e. The summed E-state index contributed by atoms with van der Waals surface area (Å²) >= 11 is 0. The van der Waals surface area contributed by atoms with Crippen LogP contribution in [0, 0.1) is 11.3 Å². The molecular formula is C18H19N. The Kier molecular flexibility index (Phi) is 4.75. The number of hydrogen-bond acceptors (Lipinski definition) is 1. The normalized spacial score (nSPS) is 11.8. The predicted molar refractivity (Wildman–Crippen MR) is 79.8 cm³/mol. The minimum atomic E-state index is -0.00337. The van der Waals surface area contributed by atoms with Crippen molar-refractivity contribution in [3.8, 4) is 17.2 Å². The first-order valence-electron chi connectivity index (χ1n) is 6.90. The molecule has 0 spiro atoms. The molecule has 0 heterocycles. The number of rotatable bonds is 5. The Labute approximate surface area is 115 Å². The van der Waals surface area contributed by atoms with Gasteiger partial charge in [-0.1, -0.05) is 74.4 Å². The Balaban J connectivity index is 2.38. The number of benzene rings is 2. The van der Waals surface area contributed by atoms with E-state index >= 15 is 0 Å². The molecule has 1 atom stereocenters. The molecule has 2 aromatic carbocycles. The van der Waals surface area contributed by atoms with Gasteiger partial charge in [0.2, 0.25) is 0 Å². The van der Waals surface area contributed by atoms with E-state index in [0.29, 0.717) is 0 Å². The fraction of sp³-hybridized carbons (Fsp3) is 0.278. The fourth-order valence-corrected chi connectivity index (χ4v) is 2.38. The highest BCUT2D eigenvalue weighted by atomic mass is 14.3. The number of hydrogen-bond donors (Lipinski definition) is 0. The summed E-state index contributed by atoms with van der Waals surface area (Å²) in [5.74, 6) is -0.00337. The highest BCUT2D eigenvalue weighted by Crippen LogP contribution is 2.31. The molecule has 0 aliphatic carbocycles. The molecule has 0 amide bonds. The highest BCUT2D eigenvalue weighted by Gasteiger charge is 2.14. The SMILES string of the molecule is CCCCC(C#N)c1ccccc1-c1ccccc1. The molecule has 0 saturated heterocycles. The van der Waals surface area contributed by atoms with Crippen LogP contribution in [0.3, 0.4) is 0 Å². The van der Waals surface area contributed by atoms with Crippen LogP contribution in [-0.2, 0) is 0 Å². The quantitative estimate of drug-likeness (QED) is 0.718. The lowest BCUT2D eigenvalue weighted by Crippen LogP contribution is -1.98. The van der Waals surface area contributed by atoms with Gasteiger partial charge in [-0.3, -0.25) is 0 Å². The van der Waals surface area contributed by atoms with Gasteiger partial charge in [-0.25, -0.2) is 0 Å². The van der Waals surface area contributed by atoms with Crippen molar-refractivity contribution in [1.82, 2.24) is 0 Å². The molecule has 1 unspecified atom stereocenters. The standard InChI is InChI=1S/C18H19N/c1-2-3-9-16(14-19)18-13-8-7-12-17(18)15-10-5-4-6-11-15/h4-8,10-13,16H,2-3,9H2,1H3. The van der Waals surface area contributed by atoms with Gasteiger partial charge in [-0.05, 0) is 23.1 Å². The van der Waals surface area contributed by atoms with Gasteiger partial charge in [0.25, 0.3) is 0 Å². The molecule has 19 heavy (non-hydrogen) atoms. The molecule has 0 radical (unpaired) electrons. The van der Waals surface area contributed by atoms with Gasteiger partial charge in [0, 0.05) is 0 Å². The summed E-state index contributed by atoms with van der Waals surface area (Å²) in [5, 5.41) is 9.43. The zero-order chi connectivity index (χ0) is 13.5. The summed E-state index contributed by atoms with van der Waals surface area (Å²) in [6.07, 6.45) is 3.17. The van der Waals surface area contributed by atoms with Gasteiger partial charge in [0.1, 0.15) is 0 Å². The van der Waals surface area contributed by atoms with E-state index in [1.165, 1.54) is 11.1 Å². The van der Waals surface area contributed by atoms with E-state index in [2.05, 4.69) is 37.3 Å². The topological polar surface area (TPSA) is 23.8 Å². The lowest BCUT2D eigenvalue weighted by molar-refractivity contribution is 0.672. The molecule has 2 rings (SSSR count). The van der Waals surface area contributed by atoms with Crippen molar-refractivity contribution >= 4 is 0 Å². The Hall–Kier alpha value is -2.07. The first kappa shape index (κ1) is 13.4. The van der Waals surface area contributed by atoms with Gasteiger partial charge in [-0.2, -0.15) is 5.26 Å². The summed E-state index contributed by atoms with van der Waals surface area (Å²) in [4.78, 5) is 0. The van der Waals surface area contributed by atoms with Crippen LogP contribution in [0.1, 0.15) is 37.7 Å². The van der Waals surface area contributed by atoms with E-state index in [1.54, 1.807) is 0 Å². The van der Waals surface area contributed by atoms with Crippen LogP contribution in [0.2, 0.25) is 0 Å². The first-order valence-corrected chi connectivity index (χ1v) is 6.90. The third-order valence-corrected chi connectivity index (χ3v) is 3.42. The Morgan fingerprint density at radius 2 is 1.68 bits per heavy atom. The van der Waals surface area contributed by atoms with Crippen molar-refractivity contribution in [3.63, 3.8) is 0 Å². The number of unbranched alkanes of at least 4 members (excludes halogenated alkanes) is 1. The second kappa shape index (κ2) is 6.75. The largest absolute Gasteiger partial charge is 0.198 e. The summed E-state index contributed by atoms with van der Waals surface area (Å²) in [6, 6.07) is 21.0. The summed E-state index contributed by atoms with van der Waals surface area (Å²) in [5.41, 5.74) is 3.53. The van der Waals surface area contributed by atoms with Crippen LogP contribution in [0.25, 0.3) is 11.1 Å². The van der Waals surface area contributed by atoms with Crippen molar-refractivity contribution < 1.29 is 0 Å². The summed E-state index contributed by atoms with van der Waals surface area (Å²) in [7, 11) is 0. The molecule has 0 bridgehead atoms. The predicted octanol–water partition coefficient (Wildman–Crippen LogP) is 5.15. The lowest BCUT2D eigenvalue weighted by Gasteiger charge is -2.14. The number of nitriles is 1. The van der Waals surface area contributed by atoms with Gasteiger partial charge >= 0.3 is 0 Å². The Morgan fingerprint density at radius 3 is 2.37 bits per heavy atom. The molecule has 1 heteroatoms. The molecule has 0 fully saturated rings. The van der Waals surface area contributed by atoms with Gasteiger partial charge in [-0.15, -0.1) is 0 Å². The number of nitrogens with zero attached hydrogens (tertiary/aromatic N) is 1. The first-order chi connectivity index (χ1) is 9.36. The molecule has 1 nitrogen and oxygen atoms in total. The Morgan fingerprint density at radius 1 is 1.00 bits per heavy atom. The molecule has 0 N–H and O–H groups in total. The van der Waals surface area contributed by atoms with Crippen LogP contribution in [0.4, 0.5) is 0 Å². The van der Waals surface area contributed by atoms with Crippen LogP contribution in [0.5, 0.6) is 0 Å². The van der Waals surface area contributed by atoms with Crippen molar-refractivity contribution in [3.05, 3.63) is 60.2 Å². The van der Waals surface area contributed by atoms with Crippen molar-refractivity contribution in [2.75, 3.05) is 0 Å². The molecule has 2 aromatic rings. The van der Waals surface area contributed by atoms with E-state index in [1.807, 2.05) is 30.3 Å². The maximum atomic E-state index is 9.43. The zero-order valence-electron chi connectivity index (χ0n) is 11.3. The van der Waals surface area contributed by atoms with Crippen molar-refractivity contribution in [2.45, 2.75) is 32.1 Å². The third kappa shape index (κ3) is 3.23. The van der Waals surface area contributed by atoms with Crippen LogP contribution in [-0.4, -0.2) is 0 Å². The monoisotopic (exact) mass is 249 g/mol. The van der Waals surface area contributed by atoms with E-state index in [0.717, 1.165) is 24.8 Å². The minimum absolute atomic E-state index is 0.00337. The van der Waals surface area contributed by atoms with E-state index in [4.69, 9.17) is 0 Å². The second-order valence-electron chi connectivity index (χ2n) is 4.78. The molecule has 0 aliphatic rings. The van der Waals surface area contributed by atoms with Gasteiger partial charge in [0.15, 0.2) is 0 Å². The maximum Gasteiger partial charge on any atom is 0.0718 e. The highest BCUT2D eigenvalue weighted by molar-refractivity contribution is 5.68. The Bertz CT molecular complexity index is 551. The van der Waals surface area contributed by atoms with Gasteiger partial charge in [0.05, 0.1) is 12.0 Å². The van der Waals surface area contributed by atoms with Crippen LogP contribution >= 0.6 is 0 Å². The molecule has 0 aromatic heterocycles. The smallest absolute Gasteiger partial charge is 0.0718 e. The van der Waals surface area contributed by atoms with E-state index < -0.39 is 0 Å². The van der Waals surface area contributed by atoms with Crippen LogP contribution < -0.4 is 0 Å². The molecule has 96 valence electrons. The summed E-state index contributed by atoms with van der Waals surface area (Å²) < 4.78 is 0. The molecule has 0 saturated carbocycles. The second-order valence-corrected chi connectivity index (χ2v) is 4.78. The fourth-order valence-electron chi connectivity index (χ4n) is 2.38. The maximum absolute atomic E-state index is 9.43. The van der Waals surface area contributed by atoms with E-state index in [9.17, 15) is 5.26 Å². The molecule has 0 aliphatic heterocycles. The molecular weight excluding hydrogens is 230 g/mol. The third-order valence-electron chi connectivity index (χ3n) is 3.42. The average Bonchev–Trinajstić information content (AvgIpc) is 2.49.